The number of aryl methyl sites for hydroxylation is 1. The van der Waals surface area contributed by atoms with Gasteiger partial charge in [0.25, 0.3) is 5.56 Å². The Bertz CT molecular complexity index is 846. The van der Waals surface area contributed by atoms with E-state index < -0.39 is 29.6 Å². The van der Waals surface area contributed by atoms with Crippen LogP contribution in [0.5, 0.6) is 0 Å². The highest BCUT2D eigenvalue weighted by atomic mass is 16.6. The van der Waals surface area contributed by atoms with Crippen LogP contribution in [0.1, 0.15) is 102 Å². The molecule has 9 nitrogen and oxygen atoms in total. The van der Waals surface area contributed by atoms with Crippen LogP contribution < -0.4 is 11.2 Å². The molecule has 1 N–H and O–H groups in total. The fraction of sp³-hybridized carbons (Fsp3) is 0.833. The quantitative estimate of drug-likeness (QED) is 0.141. The predicted octanol–water partition coefficient (Wildman–Crippen LogP) is 5.53. The highest BCUT2D eigenvalue weighted by Crippen LogP contribution is 2.30. The van der Waals surface area contributed by atoms with E-state index in [4.69, 9.17) is 15.0 Å². The summed E-state index contributed by atoms with van der Waals surface area (Å²) in [6, 6.07) is -0.416. The van der Waals surface area contributed by atoms with Crippen molar-refractivity contribution in [2.24, 2.45) is 5.11 Å². The smallest absolute Gasteiger partial charge is 0.330 e. The summed E-state index contributed by atoms with van der Waals surface area (Å²) in [6.07, 6.45) is 16.4. The van der Waals surface area contributed by atoms with Crippen LogP contribution in [0.15, 0.2) is 20.9 Å². The van der Waals surface area contributed by atoms with Crippen LogP contribution in [0, 0.1) is 6.92 Å². The average molecular weight is 464 g/mol. The van der Waals surface area contributed by atoms with Crippen molar-refractivity contribution >= 4 is 0 Å². The molecule has 0 bridgehead atoms. The van der Waals surface area contributed by atoms with Crippen LogP contribution >= 0.6 is 0 Å². The fourth-order valence-electron chi connectivity index (χ4n) is 4.27. The molecule has 1 aromatic heterocycles. The number of rotatable bonds is 17. The standard InChI is InChI=1S/C24H41N5O4/c1-3-4-5-6-7-8-9-10-11-12-13-14-15-32-18-21-20(27-28-25)16-22(33-21)29-17-19(2)23(30)26-24(29)31/h17,20-22H,3-16,18H2,1-2H3,(H,26,30,31)/t20-,21+,22+/m0/s1. The van der Waals surface area contributed by atoms with Gasteiger partial charge in [-0.2, -0.15) is 0 Å². The Hall–Kier alpha value is -2.09. The number of unbranched alkanes of at least 4 members (excludes halogenated alkanes) is 11. The Morgan fingerprint density at radius 1 is 1.09 bits per heavy atom. The van der Waals surface area contributed by atoms with Gasteiger partial charge in [-0.25, -0.2) is 4.79 Å². The number of azide groups is 1. The molecule has 0 spiro atoms. The zero-order valence-corrected chi connectivity index (χ0v) is 20.3. The number of nitrogens with one attached hydrogen (secondary N) is 1. The molecular formula is C24H41N5O4. The fourth-order valence-corrected chi connectivity index (χ4v) is 4.27. The van der Waals surface area contributed by atoms with Gasteiger partial charge in [0.1, 0.15) is 6.23 Å². The molecule has 0 aromatic carbocycles. The van der Waals surface area contributed by atoms with Crippen LogP contribution in [0.4, 0.5) is 0 Å². The molecule has 2 heterocycles. The Morgan fingerprint density at radius 3 is 2.30 bits per heavy atom. The number of nitrogens with zero attached hydrogens (tertiary/aromatic N) is 4. The van der Waals surface area contributed by atoms with Gasteiger partial charge >= 0.3 is 5.69 Å². The van der Waals surface area contributed by atoms with E-state index in [2.05, 4.69) is 21.9 Å². The normalized spacial score (nSPS) is 20.1. The summed E-state index contributed by atoms with van der Waals surface area (Å²) in [7, 11) is 0. The van der Waals surface area contributed by atoms with Gasteiger partial charge in [-0.3, -0.25) is 14.3 Å². The van der Waals surface area contributed by atoms with Crippen molar-refractivity contribution in [1.29, 1.82) is 0 Å². The first-order chi connectivity index (χ1) is 16.1. The minimum absolute atomic E-state index is 0.315. The second-order valence-electron chi connectivity index (χ2n) is 9.08. The van der Waals surface area contributed by atoms with E-state index in [1.54, 1.807) is 6.92 Å². The molecule has 1 saturated heterocycles. The molecule has 1 fully saturated rings. The van der Waals surface area contributed by atoms with Crippen molar-refractivity contribution < 1.29 is 9.47 Å². The molecule has 0 radical (unpaired) electrons. The van der Waals surface area contributed by atoms with E-state index in [0.717, 1.165) is 12.8 Å². The van der Waals surface area contributed by atoms with E-state index >= 15 is 0 Å². The first kappa shape index (κ1) is 27.2. The lowest BCUT2D eigenvalue weighted by atomic mass is 10.1. The van der Waals surface area contributed by atoms with E-state index in [-0.39, 0.29) is 0 Å². The van der Waals surface area contributed by atoms with Crippen LogP contribution in [-0.4, -0.2) is 34.9 Å². The molecule has 186 valence electrons. The Morgan fingerprint density at radius 2 is 1.70 bits per heavy atom. The molecule has 2 rings (SSSR count). The van der Waals surface area contributed by atoms with Crippen molar-refractivity contribution in [2.75, 3.05) is 13.2 Å². The molecule has 1 aromatic rings. The molecule has 1 aliphatic heterocycles. The largest absolute Gasteiger partial charge is 0.379 e. The number of H-pyrrole nitrogens is 1. The SMILES string of the molecule is CCCCCCCCCCCCCCOC[C@H]1O[C@@H](n2cc(C)c(=O)[nH]c2=O)C[C@@H]1N=[N+]=[N-]. The van der Waals surface area contributed by atoms with Gasteiger partial charge in [-0.15, -0.1) is 0 Å². The summed E-state index contributed by atoms with van der Waals surface area (Å²) in [5, 5.41) is 3.82. The molecule has 0 amide bonds. The van der Waals surface area contributed by atoms with E-state index in [1.807, 2.05) is 0 Å². The minimum Gasteiger partial charge on any atom is -0.379 e. The van der Waals surface area contributed by atoms with Crippen molar-refractivity contribution in [2.45, 2.75) is 116 Å². The summed E-state index contributed by atoms with van der Waals surface area (Å²) >= 11 is 0. The summed E-state index contributed by atoms with van der Waals surface area (Å²) in [5.74, 6) is 0. The maximum atomic E-state index is 12.1. The van der Waals surface area contributed by atoms with Crippen LogP contribution in [0.2, 0.25) is 0 Å². The van der Waals surface area contributed by atoms with Crippen molar-refractivity contribution in [3.63, 3.8) is 0 Å². The summed E-state index contributed by atoms with van der Waals surface area (Å²) < 4.78 is 13.1. The molecule has 3 atom stereocenters. The Kier molecular flexibility index (Phi) is 12.9. The molecule has 0 unspecified atom stereocenters. The summed E-state index contributed by atoms with van der Waals surface area (Å²) in [6.45, 7) is 4.84. The monoisotopic (exact) mass is 463 g/mol. The second-order valence-corrected chi connectivity index (χ2v) is 9.08. The second kappa shape index (κ2) is 15.7. The van der Waals surface area contributed by atoms with Crippen LogP contribution in [-0.2, 0) is 9.47 Å². The topological polar surface area (TPSA) is 122 Å². The van der Waals surface area contributed by atoms with Crippen LogP contribution in [0.25, 0.3) is 10.4 Å². The number of aromatic nitrogens is 2. The van der Waals surface area contributed by atoms with Crippen molar-refractivity contribution in [3.8, 4) is 0 Å². The highest BCUT2D eigenvalue weighted by molar-refractivity contribution is 5.02. The third-order valence-corrected chi connectivity index (χ3v) is 6.28. The number of aromatic amines is 1. The zero-order valence-electron chi connectivity index (χ0n) is 20.3. The number of hydrogen-bond donors (Lipinski definition) is 1. The van der Waals surface area contributed by atoms with E-state index in [9.17, 15) is 9.59 Å². The van der Waals surface area contributed by atoms with E-state index in [0.29, 0.717) is 25.2 Å². The minimum atomic E-state index is -0.594. The third kappa shape index (κ3) is 9.74. The maximum Gasteiger partial charge on any atom is 0.330 e. The molecular weight excluding hydrogens is 422 g/mol. The van der Waals surface area contributed by atoms with Gasteiger partial charge in [0, 0.05) is 29.7 Å². The van der Waals surface area contributed by atoms with Crippen LogP contribution in [0.3, 0.4) is 0 Å². The molecule has 33 heavy (non-hydrogen) atoms. The highest BCUT2D eigenvalue weighted by Gasteiger charge is 2.36. The molecule has 0 aliphatic carbocycles. The van der Waals surface area contributed by atoms with Crippen molar-refractivity contribution in [1.82, 2.24) is 9.55 Å². The maximum absolute atomic E-state index is 12.1. The predicted molar refractivity (Wildman–Crippen MR) is 129 cm³/mol. The van der Waals surface area contributed by atoms with E-state index in [1.165, 1.54) is 75.0 Å². The first-order valence-electron chi connectivity index (χ1n) is 12.7. The summed E-state index contributed by atoms with van der Waals surface area (Å²) in [4.78, 5) is 28.9. The number of ether oxygens (including phenoxy) is 2. The lowest BCUT2D eigenvalue weighted by Crippen LogP contribution is -2.33. The molecule has 1 aliphatic rings. The van der Waals surface area contributed by atoms with Crippen molar-refractivity contribution in [3.05, 3.63) is 43.0 Å². The first-order valence-corrected chi connectivity index (χ1v) is 12.7. The summed E-state index contributed by atoms with van der Waals surface area (Å²) in [5.41, 5.74) is 8.35. The lowest BCUT2D eigenvalue weighted by molar-refractivity contribution is -0.0458. The van der Waals surface area contributed by atoms with Gasteiger partial charge < -0.3 is 9.47 Å². The van der Waals surface area contributed by atoms with Gasteiger partial charge in [0.05, 0.1) is 18.8 Å². The molecule has 0 saturated carbocycles. The van der Waals surface area contributed by atoms with Gasteiger partial charge in [0.2, 0.25) is 0 Å². The van der Waals surface area contributed by atoms with Gasteiger partial charge in [0.15, 0.2) is 0 Å². The number of hydrogen-bond acceptors (Lipinski definition) is 5. The Labute approximate surface area is 196 Å². The average Bonchev–Trinajstić information content (AvgIpc) is 3.19. The van der Waals surface area contributed by atoms with Gasteiger partial charge in [-0.05, 0) is 18.9 Å². The Balaban J connectivity index is 1.60. The zero-order chi connectivity index (χ0) is 23.9. The molecule has 9 heteroatoms. The lowest BCUT2D eigenvalue weighted by Gasteiger charge is -2.17. The van der Waals surface area contributed by atoms with Gasteiger partial charge in [-0.1, -0.05) is 82.7 Å². The third-order valence-electron chi connectivity index (χ3n) is 6.28.